The van der Waals surface area contributed by atoms with Crippen molar-refractivity contribution in [3.8, 4) is 11.5 Å². The van der Waals surface area contributed by atoms with Gasteiger partial charge in [-0.15, -0.1) is 6.58 Å². The molecule has 0 spiro atoms. The monoisotopic (exact) mass is 660 g/mol. The lowest BCUT2D eigenvalue weighted by Gasteiger charge is -2.37. The number of rotatable bonds is 20. The smallest absolute Gasteiger partial charge is 0.342 e. The number of hydrogen-bond donors (Lipinski definition) is 0. The van der Waals surface area contributed by atoms with Crippen molar-refractivity contribution in [2.24, 2.45) is 0 Å². The van der Waals surface area contributed by atoms with E-state index in [4.69, 9.17) is 23.4 Å². The minimum Gasteiger partial charge on any atom is -0.543 e. The van der Waals surface area contributed by atoms with Crippen LogP contribution < -0.4 is 9.16 Å². The third kappa shape index (κ3) is 12.6. The van der Waals surface area contributed by atoms with Crippen LogP contribution in [-0.4, -0.2) is 46.3 Å². The van der Waals surface area contributed by atoms with E-state index in [-0.39, 0.29) is 23.4 Å². The van der Waals surface area contributed by atoms with Crippen molar-refractivity contribution in [3.05, 3.63) is 102 Å². The van der Waals surface area contributed by atoms with Gasteiger partial charge in [-0.2, -0.15) is 0 Å². The normalized spacial score (nSPS) is 17.3. The molecule has 0 aromatic heterocycles. The van der Waals surface area contributed by atoms with Gasteiger partial charge in [0.05, 0.1) is 26.4 Å². The standard InChI is InChI=1S/C40H56O6Si/c1-9-11-13-14-15-17-21-35-37(45-35)29-34(27-28-43-30-31-23-25-33(42-6)26-24-31)44-39(41)38-32(19-16-12-10-2)20-18-22-36(38)46-47(7,8)40(3,4)5/h9-10,12,16-26,34-35,37H,1,11,13-15,27-30H2,2-8H3/b12-10-,19-16+,21-17-/t34-,35+,37-/m0/s1. The Morgan fingerprint density at radius 1 is 1.06 bits per heavy atom. The van der Waals surface area contributed by atoms with Gasteiger partial charge in [0.15, 0.2) is 0 Å². The predicted molar refractivity (Wildman–Crippen MR) is 196 cm³/mol. The Balaban J connectivity index is 1.77. The van der Waals surface area contributed by atoms with Crippen LogP contribution in [-0.2, 0) is 20.8 Å². The van der Waals surface area contributed by atoms with E-state index in [2.05, 4.69) is 52.6 Å². The molecule has 0 aliphatic carbocycles. The van der Waals surface area contributed by atoms with Gasteiger partial charge in [0, 0.05) is 12.8 Å². The van der Waals surface area contributed by atoms with Crippen molar-refractivity contribution >= 4 is 20.4 Å². The summed E-state index contributed by atoms with van der Waals surface area (Å²) in [5.74, 6) is 0.983. The van der Waals surface area contributed by atoms with E-state index in [0.717, 1.165) is 42.6 Å². The summed E-state index contributed by atoms with van der Waals surface area (Å²) in [4.78, 5) is 14.1. The SMILES string of the molecule is C=CCCCC/C=C\[C@H]1O[C@H]1C[C@H](CCOCc1ccc(OC)cc1)OC(=O)c1c(/C=C/C=C\C)cccc1O[Si](C)(C)C(C)(C)C. The van der Waals surface area contributed by atoms with Crippen LogP contribution in [0.3, 0.4) is 0 Å². The Hall–Kier alpha value is -3.39. The maximum Gasteiger partial charge on any atom is 0.342 e. The van der Waals surface area contributed by atoms with Crippen molar-refractivity contribution in [2.45, 2.75) is 109 Å². The average Bonchev–Trinajstić information content (AvgIpc) is 3.77. The first-order valence-corrected chi connectivity index (χ1v) is 19.9. The van der Waals surface area contributed by atoms with E-state index < -0.39 is 14.3 Å². The minimum atomic E-state index is -2.24. The van der Waals surface area contributed by atoms with Gasteiger partial charge in [0.2, 0.25) is 0 Å². The van der Waals surface area contributed by atoms with E-state index in [9.17, 15) is 4.79 Å². The number of esters is 1. The Morgan fingerprint density at radius 3 is 2.49 bits per heavy atom. The molecule has 0 saturated carbocycles. The highest BCUT2D eigenvalue weighted by Crippen LogP contribution is 2.39. The maximum atomic E-state index is 14.1. The molecule has 7 heteroatoms. The van der Waals surface area contributed by atoms with Crippen LogP contribution in [0.2, 0.25) is 18.1 Å². The summed E-state index contributed by atoms with van der Waals surface area (Å²) in [5.41, 5.74) is 2.27. The maximum absolute atomic E-state index is 14.1. The molecule has 256 valence electrons. The molecule has 6 nitrogen and oxygen atoms in total. The van der Waals surface area contributed by atoms with Crippen LogP contribution >= 0.6 is 0 Å². The number of ether oxygens (including phenoxy) is 4. The second kappa shape index (κ2) is 18.8. The molecule has 1 aliphatic rings. The summed E-state index contributed by atoms with van der Waals surface area (Å²) in [6, 6.07) is 13.6. The second-order valence-corrected chi connectivity index (χ2v) is 18.3. The fourth-order valence-electron chi connectivity index (χ4n) is 4.81. The highest BCUT2D eigenvalue weighted by molar-refractivity contribution is 6.74. The molecule has 3 atom stereocenters. The molecule has 0 radical (unpaired) electrons. The minimum absolute atomic E-state index is 0.00611. The number of methoxy groups -OCH3 is 1. The largest absolute Gasteiger partial charge is 0.543 e. The molecule has 2 aromatic rings. The Labute approximate surface area is 284 Å². The summed E-state index contributed by atoms with van der Waals surface area (Å²) in [6.45, 7) is 17.6. The first-order chi connectivity index (χ1) is 22.5. The summed E-state index contributed by atoms with van der Waals surface area (Å²) in [7, 11) is -0.590. The zero-order chi connectivity index (χ0) is 34.3. The molecule has 0 amide bonds. The zero-order valence-electron chi connectivity index (χ0n) is 29.6. The second-order valence-electron chi connectivity index (χ2n) is 13.6. The van der Waals surface area contributed by atoms with Crippen molar-refractivity contribution in [1.82, 2.24) is 0 Å². The number of benzene rings is 2. The lowest BCUT2D eigenvalue weighted by atomic mass is 10.0. The number of epoxide rings is 1. The van der Waals surface area contributed by atoms with Crippen molar-refractivity contribution < 1.29 is 28.2 Å². The first kappa shape index (κ1) is 38.1. The highest BCUT2D eigenvalue weighted by Gasteiger charge is 2.41. The number of carbonyl (C=O) groups excluding carboxylic acids is 1. The van der Waals surface area contributed by atoms with Gasteiger partial charge >= 0.3 is 5.97 Å². The number of hydrogen-bond acceptors (Lipinski definition) is 6. The van der Waals surface area contributed by atoms with Gasteiger partial charge in [0.1, 0.15) is 29.3 Å². The fourth-order valence-corrected chi connectivity index (χ4v) is 5.83. The van der Waals surface area contributed by atoms with Crippen LogP contribution in [0.15, 0.2) is 85.5 Å². The van der Waals surface area contributed by atoms with E-state index in [1.165, 1.54) is 0 Å². The highest BCUT2D eigenvalue weighted by atomic mass is 28.4. The van der Waals surface area contributed by atoms with Gasteiger partial charge in [-0.3, -0.25) is 0 Å². The van der Waals surface area contributed by atoms with Crippen LogP contribution in [0, 0.1) is 0 Å². The molecule has 1 fully saturated rings. The summed E-state index contributed by atoms with van der Waals surface area (Å²) in [6.07, 6.45) is 19.2. The topological polar surface area (TPSA) is 66.5 Å². The van der Waals surface area contributed by atoms with Crippen LogP contribution in [0.1, 0.15) is 87.7 Å². The summed E-state index contributed by atoms with van der Waals surface area (Å²) in [5, 5.41) is -0.0355. The van der Waals surface area contributed by atoms with Crippen LogP contribution in [0.5, 0.6) is 11.5 Å². The van der Waals surface area contributed by atoms with E-state index >= 15 is 0 Å². The Bertz CT molecular complexity index is 1350. The number of allylic oxidation sites excluding steroid dienone is 5. The quantitative estimate of drug-likeness (QED) is 0.0352. The van der Waals surface area contributed by atoms with Gasteiger partial charge in [-0.1, -0.05) is 87.6 Å². The average molecular weight is 661 g/mol. The molecule has 2 aromatic carbocycles. The van der Waals surface area contributed by atoms with Crippen molar-refractivity contribution in [3.63, 3.8) is 0 Å². The molecule has 3 rings (SSSR count). The predicted octanol–water partition coefficient (Wildman–Crippen LogP) is 10.3. The molecule has 1 heterocycles. The Morgan fingerprint density at radius 2 is 1.81 bits per heavy atom. The van der Waals surface area contributed by atoms with E-state index in [1.807, 2.05) is 79.8 Å². The lowest BCUT2D eigenvalue weighted by molar-refractivity contribution is 0.0124. The molecule has 47 heavy (non-hydrogen) atoms. The first-order valence-electron chi connectivity index (χ1n) is 16.9. The van der Waals surface area contributed by atoms with Crippen LogP contribution in [0.25, 0.3) is 6.08 Å². The summed E-state index contributed by atoms with van der Waals surface area (Å²) < 4.78 is 30.3. The van der Waals surface area contributed by atoms with Crippen LogP contribution in [0.4, 0.5) is 0 Å². The molecule has 1 aliphatic heterocycles. The van der Waals surface area contributed by atoms with Gasteiger partial charge < -0.3 is 23.4 Å². The van der Waals surface area contributed by atoms with Gasteiger partial charge in [0.25, 0.3) is 8.32 Å². The lowest BCUT2D eigenvalue weighted by Crippen LogP contribution is -2.44. The fraction of sp³-hybridized carbons (Fsp3) is 0.475. The zero-order valence-corrected chi connectivity index (χ0v) is 30.6. The van der Waals surface area contributed by atoms with Gasteiger partial charge in [-0.05, 0) is 80.1 Å². The number of carbonyl (C=O) groups is 1. The molecule has 0 unspecified atom stereocenters. The van der Waals surface area contributed by atoms with Gasteiger partial charge in [-0.25, -0.2) is 4.79 Å². The van der Waals surface area contributed by atoms with Crippen molar-refractivity contribution in [2.75, 3.05) is 13.7 Å². The Kier molecular flexibility index (Phi) is 15.2. The molecule has 0 N–H and O–H groups in total. The molecule has 0 bridgehead atoms. The third-order valence-electron chi connectivity index (χ3n) is 8.77. The number of unbranched alkanes of at least 4 members (excludes halogenated alkanes) is 3. The molecule has 1 saturated heterocycles. The summed E-state index contributed by atoms with van der Waals surface area (Å²) >= 11 is 0. The van der Waals surface area contributed by atoms with E-state index in [1.54, 1.807) is 7.11 Å². The molecular weight excluding hydrogens is 605 g/mol. The van der Waals surface area contributed by atoms with Crippen molar-refractivity contribution in [1.29, 1.82) is 0 Å². The third-order valence-corrected chi connectivity index (χ3v) is 13.1. The molecular formula is C40H56O6Si. The van der Waals surface area contributed by atoms with E-state index in [0.29, 0.717) is 37.4 Å².